The van der Waals surface area contributed by atoms with E-state index in [0.717, 1.165) is 31.3 Å². The quantitative estimate of drug-likeness (QED) is 0.659. The van der Waals surface area contributed by atoms with Crippen molar-refractivity contribution >= 4 is 45.5 Å². The summed E-state index contributed by atoms with van der Waals surface area (Å²) < 4.78 is 3.23. The number of fused-ring (bicyclic) bond motifs is 1. The van der Waals surface area contributed by atoms with E-state index in [1.807, 2.05) is 49.5 Å². The van der Waals surface area contributed by atoms with E-state index in [9.17, 15) is 0 Å². The average Bonchev–Trinajstić information content (AvgIpc) is 2.74. The summed E-state index contributed by atoms with van der Waals surface area (Å²) in [6.07, 6.45) is 2.03. The van der Waals surface area contributed by atoms with Crippen molar-refractivity contribution in [1.82, 2.24) is 9.38 Å². The number of nitrogens with one attached hydrogen (secondary N) is 1. The van der Waals surface area contributed by atoms with Crippen molar-refractivity contribution in [3.8, 4) is 0 Å². The van der Waals surface area contributed by atoms with E-state index in [-0.39, 0.29) is 0 Å². The zero-order chi connectivity index (χ0) is 14.1. The number of nitrogens with zero attached hydrogens (tertiary/aromatic N) is 2. The second kappa shape index (κ2) is 5.61. The lowest BCUT2D eigenvalue weighted by Crippen LogP contribution is -2.04. The number of hydrogen-bond donors (Lipinski definition) is 1. The van der Waals surface area contributed by atoms with Gasteiger partial charge < -0.3 is 9.72 Å². The van der Waals surface area contributed by atoms with Crippen molar-refractivity contribution in [2.75, 3.05) is 5.32 Å². The number of halogens is 2. The molecule has 102 valence electrons. The van der Waals surface area contributed by atoms with Gasteiger partial charge in [-0.2, -0.15) is 0 Å². The van der Waals surface area contributed by atoms with Crippen LogP contribution in [0.25, 0.3) is 5.65 Å². The van der Waals surface area contributed by atoms with Gasteiger partial charge in [0.1, 0.15) is 5.65 Å². The first-order valence-corrected chi connectivity index (χ1v) is 7.72. The maximum Gasteiger partial charge on any atom is 0.137 e. The number of imidazole rings is 1. The summed E-state index contributed by atoms with van der Waals surface area (Å²) in [6.45, 7) is 2.72. The predicted octanol–water partition coefficient (Wildman–Crippen LogP) is 4.51. The molecule has 0 aliphatic rings. The van der Waals surface area contributed by atoms with Gasteiger partial charge in [0.25, 0.3) is 0 Å². The van der Waals surface area contributed by atoms with Crippen LogP contribution in [0.1, 0.15) is 11.4 Å². The topological polar surface area (TPSA) is 29.3 Å². The fourth-order valence-corrected chi connectivity index (χ4v) is 3.11. The summed E-state index contributed by atoms with van der Waals surface area (Å²) >= 11 is 8.49. The van der Waals surface area contributed by atoms with E-state index in [2.05, 4.69) is 37.3 Å². The maximum atomic E-state index is 6.24. The first-order valence-electron chi connectivity index (χ1n) is 6.26. The van der Waals surface area contributed by atoms with Crippen LogP contribution < -0.4 is 5.32 Å². The Morgan fingerprint density at radius 2 is 2.15 bits per heavy atom. The van der Waals surface area contributed by atoms with Gasteiger partial charge in [-0.15, -0.1) is 0 Å². The van der Waals surface area contributed by atoms with Crippen LogP contribution >= 0.6 is 34.2 Å². The Labute approximate surface area is 136 Å². The van der Waals surface area contributed by atoms with Crippen molar-refractivity contribution in [1.29, 1.82) is 0 Å². The summed E-state index contributed by atoms with van der Waals surface area (Å²) in [5, 5.41) is 4.12. The lowest BCUT2D eigenvalue weighted by atomic mass is 10.3. The van der Waals surface area contributed by atoms with Gasteiger partial charge >= 0.3 is 0 Å². The molecule has 2 aromatic heterocycles. The van der Waals surface area contributed by atoms with Gasteiger partial charge in [0.05, 0.1) is 28.6 Å². The van der Waals surface area contributed by atoms with Crippen LogP contribution in [0.15, 0.2) is 42.6 Å². The largest absolute Gasteiger partial charge is 0.378 e. The summed E-state index contributed by atoms with van der Waals surface area (Å²) in [4.78, 5) is 4.55. The summed E-state index contributed by atoms with van der Waals surface area (Å²) in [7, 11) is 0. The molecule has 0 radical (unpaired) electrons. The first kappa shape index (κ1) is 13.7. The van der Waals surface area contributed by atoms with E-state index >= 15 is 0 Å². The molecule has 0 unspecified atom stereocenters. The molecule has 0 saturated heterocycles. The number of pyridine rings is 1. The number of benzene rings is 1. The SMILES string of the molecule is Cc1nc2ccccn2c1CNc1ccc(I)cc1Cl. The van der Waals surface area contributed by atoms with Gasteiger partial charge in [-0.3, -0.25) is 0 Å². The second-order valence-electron chi connectivity index (χ2n) is 4.55. The molecule has 20 heavy (non-hydrogen) atoms. The zero-order valence-corrected chi connectivity index (χ0v) is 13.8. The van der Waals surface area contributed by atoms with Crippen LogP contribution in [-0.2, 0) is 6.54 Å². The summed E-state index contributed by atoms with van der Waals surface area (Å²) in [5.41, 5.74) is 4.09. The normalized spacial score (nSPS) is 10.9. The number of anilines is 1. The highest BCUT2D eigenvalue weighted by Crippen LogP contribution is 2.24. The number of aryl methyl sites for hydroxylation is 1. The molecule has 2 heterocycles. The van der Waals surface area contributed by atoms with Crippen LogP contribution in [0.4, 0.5) is 5.69 Å². The molecule has 0 atom stereocenters. The minimum Gasteiger partial charge on any atom is -0.378 e. The highest BCUT2D eigenvalue weighted by Gasteiger charge is 2.08. The molecule has 0 amide bonds. The molecule has 3 nitrogen and oxygen atoms in total. The third-order valence-electron chi connectivity index (χ3n) is 3.21. The molecular formula is C15H13ClIN3. The maximum absolute atomic E-state index is 6.24. The van der Waals surface area contributed by atoms with Gasteiger partial charge in [-0.05, 0) is 59.8 Å². The zero-order valence-electron chi connectivity index (χ0n) is 10.9. The van der Waals surface area contributed by atoms with Crippen molar-refractivity contribution < 1.29 is 0 Å². The molecule has 0 bridgehead atoms. The van der Waals surface area contributed by atoms with E-state index in [1.165, 1.54) is 0 Å². The average molecular weight is 398 g/mol. The Morgan fingerprint density at radius 1 is 1.30 bits per heavy atom. The van der Waals surface area contributed by atoms with E-state index in [1.54, 1.807) is 0 Å². The van der Waals surface area contributed by atoms with Gasteiger partial charge in [0.2, 0.25) is 0 Å². The monoisotopic (exact) mass is 397 g/mol. The predicted molar refractivity (Wildman–Crippen MR) is 91.4 cm³/mol. The lowest BCUT2D eigenvalue weighted by molar-refractivity contribution is 0.987. The van der Waals surface area contributed by atoms with Crippen molar-refractivity contribution in [3.05, 3.63) is 62.6 Å². The van der Waals surface area contributed by atoms with Crippen LogP contribution in [0.5, 0.6) is 0 Å². The molecule has 0 aliphatic carbocycles. The second-order valence-corrected chi connectivity index (χ2v) is 6.20. The Kier molecular flexibility index (Phi) is 3.85. The number of hydrogen-bond acceptors (Lipinski definition) is 2. The van der Waals surface area contributed by atoms with E-state index < -0.39 is 0 Å². The molecule has 1 N–H and O–H groups in total. The Morgan fingerprint density at radius 3 is 2.95 bits per heavy atom. The molecular weight excluding hydrogens is 385 g/mol. The van der Waals surface area contributed by atoms with Crippen LogP contribution in [0, 0.1) is 10.5 Å². The molecule has 0 fully saturated rings. The van der Waals surface area contributed by atoms with Crippen molar-refractivity contribution in [3.63, 3.8) is 0 Å². The van der Waals surface area contributed by atoms with Crippen molar-refractivity contribution in [2.45, 2.75) is 13.5 Å². The van der Waals surface area contributed by atoms with Crippen LogP contribution in [0.3, 0.4) is 0 Å². The first-order chi connectivity index (χ1) is 9.65. The lowest BCUT2D eigenvalue weighted by Gasteiger charge is -2.09. The highest BCUT2D eigenvalue weighted by atomic mass is 127. The molecule has 0 spiro atoms. The Hall–Kier alpha value is -1.27. The number of aromatic nitrogens is 2. The van der Waals surface area contributed by atoms with Gasteiger partial charge in [0.15, 0.2) is 0 Å². The van der Waals surface area contributed by atoms with Gasteiger partial charge in [0, 0.05) is 9.77 Å². The Balaban J connectivity index is 1.88. The molecule has 3 rings (SSSR count). The fourth-order valence-electron chi connectivity index (χ4n) is 2.19. The molecule has 0 saturated carbocycles. The standard InChI is InChI=1S/C15H13ClIN3/c1-10-14(20-7-3-2-4-15(20)19-10)9-18-13-6-5-11(17)8-12(13)16/h2-8,18H,9H2,1H3. The van der Waals surface area contributed by atoms with Gasteiger partial charge in [-0.25, -0.2) is 4.98 Å². The Bertz CT molecular complexity index is 767. The molecule has 0 aliphatic heterocycles. The van der Waals surface area contributed by atoms with Crippen molar-refractivity contribution in [2.24, 2.45) is 0 Å². The van der Waals surface area contributed by atoms with Crippen LogP contribution in [-0.4, -0.2) is 9.38 Å². The minimum absolute atomic E-state index is 0.692. The van der Waals surface area contributed by atoms with E-state index in [4.69, 9.17) is 11.6 Å². The third kappa shape index (κ3) is 2.62. The van der Waals surface area contributed by atoms with Crippen LogP contribution in [0.2, 0.25) is 5.02 Å². The highest BCUT2D eigenvalue weighted by molar-refractivity contribution is 14.1. The number of rotatable bonds is 3. The van der Waals surface area contributed by atoms with E-state index in [0.29, 0.717) is 6.54 Å². The van der Waals surface area contributed by atoms with Gasteiger partial charge in [-0.1, -0.05) is 17.7 Å². The molecule has 3 aromatic rings. The molecule has 1 aromatic carbocycles. The molecule has 5 heteroatoms. The smallest absolute Gasteiger partial charge is 0.137 e. The summed E-state index contributed by atoms with van der Waals surface area (Å²) in [6, 6.07) is 12.0. The fraction of sp³-hybridized carbons (Fsp3) is 0.133. The minimum atomic E-state index is 0.692. The summed E-state index contributed by atoms with van der Waals surface area (Å²) in [5.74, 6) is 0. The third-order valence-corrected chi connectivity index (χ3v) is 4.19.